The molecule has 0 radical (unpaired) electrons. The molecule has 8 heteroatoms. The van der Waals surface area contributed by atoms with Crippen LogP contribution in [0.4, 0.5) is 0 Å². The molecule has 1 aromatic heterocycles. The summed E-state index contributed by atoms with van der Waals surface area (Å²) in [6.07, 6.45) is 3.72. The van der Waals surface area contributed by atoms with Crippen LogP contribution in [-0.2, 0) is 22.5 Å². The fourth-order valence-electron chi connectivity index (χ4n) is 3.81. The zero-order valence-electron chi connectivity index (χ0n) is 16.1. The summed E-state index contributed by atoms with van der Waals surface area (Å²) in [4.78, 5) is 18.9. The first-order chi connectivity index (χ1) is 12.6. The number of fused-ring (bicyclic) bond motifs is 1. The summed E-state index contributed by atoms with van der Waals surface area (Å²) in [5.74, 6) is 3.49. The first-order valence-electron chi connectivity index (χ1n) is 9.62. The number of rotatable bonds is 4. The van der Waals surface area contributed by atoms with Gasteiger partial charge < -0.3 is 19.5 Å². The second-order valence-corrected chi connectivity index (χ2v) is 7.16. The Kier molecular flexibility index (Phi) is 6.11. The summed E-state index contributed by atoms with van der Waals surface area (Å²) >= 11 is 0. The average Bonchev–Trinajstić information content (AvgIpc) is 3.05. The SMILES string of the molecule is CCNC(=NCC1CCc2nnc(C)n2C1)N1CCC(C(=O)OC)CC1. The molecule has 1 saturated heterocycles. The second kappa shape index (κ2) is 8.51. The van der Waals surface area contributed by atoms with Crippen molar-refractivity contribution in [3.05, 3.63) is 11.6 Å². The molecular weight excluding hydrogens is 332 g/mol. The molecule has 2 aliphatic heterocycles. The predicted molar refractivity (Wildman–Crippen MR) is 98.9 cm³/mol. The van der Waals surface area contributed by atoms with E-state index in [4.69, 9.17) is 9.73 Å². The van der Waals surface area contributed by atoms with Crippen LogP contribution in [0.25, 0.3) is 0 Å². The molecule has 26 heavy (non-hydrogen) atoms. The van der Waals surface area contributed by atoms with Gasteiger partial charge in [0.1, 0.15) is 11.6 Å². The number of aliphatic imine (C=N–C) groups is 1. The fourth-order valence-corrected chi connectivity index (χ4v) is 3.81. The van der Waals surface area contributed by atoms with Gasteiger partial charge in [-0.2, -0.15) is 0 Å². The average molecular weight is 362 g/mol. The Labute approximate surface area is 155 Å². The molecule has 0 spiro atoms. The van der Waals surface area contributed by atoms with Crippen LogP contribution in [0.2, 0.25) is 0 Å². The lowest BCUT2D eigenvalue weighted by molar-refractivity contribution is -0.146. The standard InChI is InChI=1S/C18H30N6O2/c1-4-19-18(23-9-7-15(8-10-23)17(25)26-3)20-11-14-5-6-16-22-21-13(2)24(16)12-14/h14-15H,4-12H2,1-3H3,(H,19,20). The molecule has 1 atom stereocenters. The Morgan fingerprint density at radius 3 is 2.77 bits per heavy atom. The fraction of sp³-hybridized carbons (Fsp3) is 0.778. The third kappa shape index (κ3) is 4.16. The Hall–Kier alpha value is -2.12. The van der Waals surface area contributed by atoms with E-state index < -0.39 is 0 Å². The van der Waals surface area contributed by atoms with E-state index in [1.165, 1.54) is 7.11 Å². The number of likely N-dealkylation sites (tertiary alicyclic amines) is 1. The molecule has 1 unspecified atom stereocenters. The minimum Gasteiger partial charge on any atom is -0.469 e. The van der Waals surface area contributed by atoms with Gasteiger partial charge in [0.2, 0.25) is 0 Å². The van der Waals surface area contributed by atoms with Gasteiger partial charge in [-0.1, -0.05) is 0 Å². The van der Waals surface area contributed by atoms with Crippen molar-refractivity contribution in [2.45, 2.75) is 46.1 Å². The molecule has 1 fully saturated rings. The van der Waals surface area contributed by atoms with Crippen LogP contribution in [0.5, 0.6) is 0 Å². The van der Waals surface area contributed by atoms with Gasteiger partial charge in [0.25, 0.3) is 0 Å². The number of aromatic nitrogens is 3. The predicted octanol–water partition coefficient (Wildman–Crippen LogP) is 0.999. The van der Waals surface area contributed by atoms with Crippen molar-refractivity contribution < 1.29 is 9.53 Å². The monoisotopic (exact) mass is 362 g/mol. The molecule has 0 aliphatic carbocycles. The smallest absolute Gasteiger partial charge is 0.308 e. The molecule has 3 rings (SSSR count). The summed E-state index contributed by atoms with van der Waals surface area (Å²) in [7, 11) is 1.47. The van der Waals surface area contributed by atoms with Gasteiger partial charge in [-0.05, 0) is 39.0 Å². The number of piperidine rings is 1. The molecule has 1 aromatic rings. The summed E-state index contributed by atoms with van der Waals surface area (Å²) in [5.41, 5.74) is 0. The molecule has 0 aromatic carbocycles. The lowest BCUT2D eigenvalue weighted by Gasteiger charge is -2.33. The summed E-state index contributed by atoms with van der Waals surface area (Å²) in [6, 6.07) is 0. The van der Waals surface area contributed by atoms with Crippen LogP contribution in [-0.4, -0.2) is 64.9 Å². The van der Waals surface area contributed by atoms with E-state index in [0.717, 1.165) is 76.0 Å². The Morgan fingerprint density at radius 1 is 1.31 bits per heavy atom. The number of carbonyl (C=O) groups excluding carboxylic acids is 1. The highest BCUT2D eigenvalue weighted by atomic mass is 16.5. The Balaban J connectivity index is 1.58. The van der Waals surface area contributed by atoms with Crippen LogP contribution in [0.1, 0.15) is 37.8 Å². The number of hydrogen-bond donors (Lipinski definition) is 1. The van der Waals surface area contributed by atoms with Crippen molar-refractivity contribution in [1.29, 1.82) is 0 Å². The Morgan fingerprint density at radius 2 is 2.08 bits per heavy atom. The molecule has 8 nitrogen and oxygen atoms in total. The second-order valence-electron chi connectivity index (χ2n) is 7.16. The highest BCUT2D eigenvalue weighted by molar-refractivity contribution is 5.80. The van der Waals surface area contributed by atoms with Gasteiger partial charge in [0.05, 0.1) is 13.0 Å². The van der Waals surface area contributed by atoms with Crippen molar-refractivity contribution in [1.82, 2.24) is 25.0 Å². The summed E-state index contributed by atoms with van der Waals surface area (Å²) in [6.45, 7) is 8.37. The zero-order valence-corrected chi connectivity index (χ0v) is 16.1. The van der Waals surface area contributed by atoms with Gasteiger partial charge in [0, 0.05) is 39.1 Å². The van der Waals surface area contributed by atoms with Crippen molar-refractivity contribution in [2.75, 3.05) is 33.3 Å². The minimum absolute atomic E-state index is 0.0209. The number of nitrogens with zero attached hydrogens (tertiary/aromatic N) is 5. The topological polar surface area (TPSA) is 84.6 Å². The Bertz CT molecular complexity index is 648. The first-order valence-corrected chi connectivity index (χ1v) is 9.62. The van der Waals surface area contributed by atoms with E-state index in [-0.39, 0.29) is 11.9 Å². The van der Waals surface area contributed by atoms with Crippen molar-refractivity contribution in [3.63, 3.8) is 0 Å². The van der Waals surface area contributed by atoms with E-state index in [2.05, 4.69) is 31.9 Å². The van der Waals surface area contributed by atoms with Crippen LogP contribution in [0, 0.1) is 18.8 Å². The number of guanidine groups is 1. The van der Waals surface area contributed by atoms with Crippen molar-refractivity contribution in [2.24, 2.45) is 16.8 Å². The molecule has 3 heterocycles. The third-order valence-electron chi connectivity index (χ3n) is 5.39. The number of nitrogens with one attached hydrogen (secondary N) is 1. The zero-order chi connectivity index (χ0) is 18.5. The van der Waals surface area contributed by atoms with Crippen LogP contribution >= 0.6 is 0 Å². The molecule has 0 bridgehead atoms. The highest BCUT2D eigenvalue weighted by Crippen LogP contribution is 2.21. The molecule has 0 amide bonds. The van der Waals surface area contributed by atoms with E-state index in [9.17, 15) is 4.79 Å². The molecular formula is C18H30N6O2. The normalized spacial score (nSPS) is 21.4. The minimum atomic E-state index is -0.0890. The number of carbonyl (C=O) groups is 1. The van der Waals surface area contributed by atoms with E-state index in [1.54, 1.807) is 0 Å². The largest absolute Gasteiger partial charge is 0.469 e. The van der Waals surface area contributed by atoms with Gasteiger partial charge in [-0.25, -0.2) is 0 Å². The van der Waals surface area contributed by atoms with Crippen LogP contribution < -0.4 is 5.32 Å². The summed E-state index contributed by atoms with van der Waals surface area (Å²) in [5, 5.41) is 11.8. The van der Waals surface area contributed by atoms with Gasteiger partial charge >= 0.3 is 5.97 Å². The molecule has 144 valence electrons. The lowest BCUT2D eigenvalue weighted by Crippen LogP contribution is -2.47. The maximum Gasteiger partial charge on any atom is 0.308 e. The quantitative estimate of drug-likeness (QED) is 0.489. The van der Waals surface area contributed by atoms with Crippen LogP contribution in [0.3, 0.4) is 0 Å². The van der Waals surface area contributed by atoms with Gasteiger partial charge in [-0.3, -0.25) is 9.79 Å². The van der Waals surface area contributed by atoms with Gasteiger partial charge in [-0.15, -0.1) is 10.2 Å². The number of ether oxygens (including phenoxy) is 1. The van der Waals surface area contributed by atoms with E-state index in [1.807, 2.05) is 6.92 Å². The first kappa shape index (κ1) is 18.7. The number of methoxy groups -OCH3 is 1. The lowest BCUT2D eigenvalue weighted by atomic mass is 9.97. The maximum absolute atomic E-state index is 11.7. The van der Waals surface area contributed by atoms with Crippen molar-refractivity contribution >= 4 is 11.9 Å². The van der Waals surface area contributed by atoms with E-state index >= 15 is 0 Å². The molecule has 0 saturated carbocycles. The number of esters is 1. The van der Waals surface area contributed by atoms with Gasteiger partial charge in [0.15, 0.2) is 5.96 Å². The number of aryl methyl sites for hydroxylation is 2. The highest BCUT2D eigenvalue weighted by Gasteiger charge is 2.27. The van der Waals surface area contributed by atoms with Crippen LogP contribution in [0.15, 0.2) is 4.99 Å². The maximum atomic E-state index is 11.7. The number of hydrogen-bond acceptors (Lipinski definition) is 5. The summed E-state index contributed by atoms with van der Waals surface area (Å²) < 4.78 is 7.10. The molecule has 1 N–H and O–H groups in total. The van der Waals surface area contributed by atoms with E-state index in [0.29, 0.717) is 5.92 Å². The third-order valence-corrected chi connectivity index (χ3v) is 5.39. The van der Waals surface area contributed by atoms with Crippen molar-refractivity contribution in [3.8, 4) is 0 Å². The molecule has 2 aliphatic rings.